The Morgan fingerprint density at radius 1 is 1.30 bits per heavy atom. The van der Waals surface area contributed by atoms with Crippen molar-refractivity contribution in [1.82, 2.24) is 0 Å². The Bertz CT molecular complexity index is 773. The number of hydrogen-bond acceptors (Lipinski definition) is 4. The summed E-state index contributed by atoms with van der Waals surface area (Å²) in [4.78, 5) is 31.7. The first-order valence-corrected chi connectivity index (χ1v) is 11.9. The Morgan fingerprint density at radius 2 is 2.07 bits per heavy atom. The van der Waals surface area contributed by atoms with Crippen LogP contribution < -0.4 is 0 Å². The van der Waals surface area contributed by atoms with Gasteiger partial charge >= 0.3 is 5.97 Å². The molecule has 1 N–H and O–H groups in total. The van der Waals surface area contributed by atoms with Crippen molar-refractivity contribution >= 4 is 18.5 Å². The second-order valence-electron chi connectivity index (χ2n) is 10.6. The van der Waals surface area contributed by atoms with Crippen molar-refractivity contribution < 1.29 is 19.5 Å². The Hall–Kier alpha value is -1.65. The molecule has 0 aromatic rings. The highest BCUT2D eigenvalue weighted by molar-refractivity contribution is 5.96. The van der Waals surface area contributed by atoms with Crippen molar-refractivity contribution in [3.05, 3.63) is 11.6 Å². The van der Waals surface area contributed by atoms with Crippen molar-refractivity contribution in [2.45, 2.75) is 72.6 Å². The van der Waals surface area contributed by atoms with Gasteiger partial charge in [0.05, 0.1) is 11.6 Å². The summed E-state index contributed by atoms with van der Waals surface area (Å²) >= 11 is 0. The average molecular weight is 416 g/mol. The molecule has 0 saturated heterocycles. The number of carboxylic acids is 1. The summed E-state index contributed by atoms with van der Waals surface area (Å²) in [6, 6.07) is 0. The molecule has 7 atom stereocenters. The summed E-state index contributed by atoms with van der Waals surface area (Å²) in [7, 11) is 0. The molecule has 166 valence electrons. The van der Waals surface area contributed by atoms with Gasteiger partial charge in [0.15, 0.2) is 0 Å². The largest absolute Gasteiger partial charge is 0.481 e. The molecule has 0 spiro atoms. The number of carbonyl (C=O) groups excluding carboxylic acids is 1. The lowest BCUT2D eigenvalue weighted by atomic mass is 9.43. The van der Waals surface area contributed by atoms with E-state index >= 15 is 0 Å². The van der Waals surface area contributed by atoms with Crippen molar-refractivity contribution in [1.29, 1.82) is 0 Å². The average Bonchev–Trinajstić information content (AvgIpc) is 3.27. The van der Waals surface area contributed by atoms with Crippen LogP contribution in [0, 0.1) is 45.8 Å². The quantitative estimate of drug-likeness (QED) is 0.187. The highest BCUT2D eigenvalue weighted by atomic mass is 16.6. The molecule has 0 aliphatic heterocycles. The van der Waals surface area contributed by atoms with Gasteiger partial charge in [-0.3, -0.25) is 4.79 Å². The SMILES string of the molecule is CCCCCO/N=C/C12C[C@@H]3[C@H](C)CC[C@H]3C3(C=O)CC1C=C(C(C)C)[C@@]23C(=O)O. The number of hydrogen-bond donors (Lipinski definition) is 1. The number of carbonyl (C=O) groups is 2. The lowest BCUT2D eigenvalue weighted by Gasteiger charge is -2.57. The second-order valence-corrected chi connectivity index (χ2v) is 10.6. The number of allylic oxidation sites excluding steroid dienone is 1. The van der Waals surface area contributed by atoms with Crippen molar-refractivity contribution in [2.24, 2.45) is 51.0 Å². The van der Waals surface area contributed by atoms with Crippen LogP contribution in [-0.4, -0.2) is 30.2 Å². The molecule has 0 aromatic carbocycles. The van der Waals surface area contributed by atoms with Crippen LogP contribution in [0.3, 0.4) is 0 Å². The maximum absolute atomic E-state index is 13.2. The molecule has 5 nitrogen and oxygen atoms in total. The number of aldehydes is 1. The van der Waals surface area contributed by atoms with Crippen molar-refractivity contribution in [3.8, 4) is 0 Å². The van der Waals surface area contributed by atoms with Crippen LogP contribution in [0.25, 0.3) is 0 Å². The van der Waals surface area contributed by atoms with E-state index in [9.17, 15) is 14.7 Å². The minimum atomic E-state index is -1.19. The zero-order valence-corrected chi connectivity index (χ0v) is 18.9. The van der Waals surface area contributed by atoms with Crippen LogP contribution in [0.2, 0.25) is 0 Å². The van der Waals surface area contributed by atoms with Gasteiger partial charge in [-0.05, 0) is 55.3 Å². The molecular formula is C25H37NO4. The van der Waals surface area contributed by atoms with E-state index in [-0.39, 0.29) is 17.8 Å². The molecule has 0 heterocycles. The minimum absolute atomic E-state index is 0.0389. The molecule has 4 aliphatic carbocycles. The summed E-state index contributed by atoms with van der Waals surface area (Å²) in [6.07, 6.45) is 11.7. The Balaban J connectivity index is 1.82. The number of nitrogens with zero attached hydrogens (tertiary/aromatic N) is 1. The first kappa shape index (κ1) is 21.6. The van der Waals surface area contributed by atoms with Gasteiger partial charge in [-0.2, -0.15) is 0 Å². The molecule has 0 radical (unpaired) electrons. The molecule has 0 aromatic heterocycles. The third-order valence-corrected chi connectivity index (χ3v) is 9.20. The standard InChI is InChI=1S/C25H37NO4/c1-5-6-7-10-30-26-14-23-13-19-17(4)8-9-20(19)24(15-27)12-18(23)11-21(16(2)3)25(23,24)22(28)29/h11,14-20H,5-10,12-13H2,1-4H3,(H,28,29)/b26-14+/t17-,18?,19-,20-,23?,24?,25-/m1/s1. The molecule has 4 rings (SSSR count). The number of fused-ring (bicyclic) bond motifs is 2. The fraction of sp³-hybridized carbons (Fsp3) is 0.800. The molecule has 30 heavy (non-hydrogen) atoms. The van der Waals surface area contributed by atoms with Crippen molar-refractivity contribution in [3.63, 3.8) is 0 Å². The van der Waals surface area contributed by atoms with Gasteiger partial charge in [-0.1, -0.05) is 63.8 Å². The van der Waals surface area contributed by atoms with Gasteiger partial charge in [0.1, 0.15) is 18.3 Å². The molecule has 5 heteroatoms. The fourth-order valence-electron chi connectivity index (χ4n) is 8.09. The normalized spacial score (nSPS) is 43.8. The number of carboxylic acid groups (broad SMARTS) is 1. The highest BCUT2D eigenvalue weighted by Gasteiger charge is 2.84. The summed E-state index contributed by atoms with van der Waals surface area (Å²) in [5, 5.41) is 15.2. The Morgan fingerprint density at radius 3 is 2.70 bits per heavy atom. The van der Waals surface area contributed by atoms with E-state index in [4.69, 9.17) is 4.84 Å². The number of aliphatic carboxylic acids is 1. The van der Waals surface area contributed by atoms with E-state index in [1.54, 1.807) is 0 Å². The van der Waals surface area contributed by atoms with E-state index in [2.05, 4.69) is 38.9 Å². The first-order chi connectivity index (χ1) is 14.3. The highest BCUT2D eigenvalue weighted by Crippen LogP contribution is 2.82. The Kier molecular flexibility index (Phi) is 5.39. The third-order valence-electron chi connectivity index (χ3n) is 9.20. The molecule has 3 unspecified atom stereocenters. The van der Waals surface area contributed by atoms with Gasteiger partial charge < -0.3 is 14.7 Å². The van der Waals surface area contributed by atoms with Crippen LogP contribution in [0.4, 0.5) is 0 Å². The fourth-order valence-corrected chi connectivity index (χ4v) is 8.09. The van der Waals surface area contributed by atoms with Crippen LogP contribution in [0.15, 0.2) is 16.8 Å². The second kappa shape index (κ2) is 7.49. The monoisotopic (exact) mass is 415 g/mol. The predicted molar refractivity (Wildman–Crippen MR) is 116 cm³/mol. The maximum Gasteiger partial charge on any atom is 0.315 e. The van der Waals surface area contributed by atoms with Crippen LogP contribution >= 0.6 is 0 Å². The summed E-state index contributed by atoms with van der Waals surface area (Å²) < 4.78 is 0. The third kappa shape index (κ3) is 2.44. The molecule has 3 fully saturated rings. The Labute approximate surface area is 180 Å². The van der Waals surface area contributed by atoms with E-state index in [1.807, 2.05) is 6.21 Å². The molecule has 4 bridgehead atoms. The summed E-state index contributed by atoms with van der Waals surface area (Å²) in [5.41, 5.74) is -1.75. The minimum Gasteiger partial charge on any atom is -0.481 e. The maximum atomic E-state index is 13.2. The van der Waals surface area contributed by atoms with Crippen molar-refractivity contribution in [2.75, 3.05) is 6.61 Å². The van der Waals surface area contributed by atoms with Gasteiger partial charge in [0, 0.05) is 5.41 Å². The summed E-state index contributed by atoms with van der Waals surface area (Å²) in [5.74, 6) is 0.319. The number of oxime groups is 1. The smallest absolute Gasteiger partial charge is 0.315 e. The predicted octanol–water partition coefficient (Wildman–Crippen LogP) is 5.10. The van der Waals surface area contributed by atoms with Crippen LogP contribution in [0.1, 0.15) is 72.6 Å². The zero-order chi connectivity index (χ0) is 21.7. The van der Waals surface area contributed by atoms with Gasteiger partial charge in [0.25, 0.3) is 0 Å². The molecule has 0 amide bonds. The van der Waals surface area contributed by atoms with E-state index < -0.39 is 22.2 Å². The lowest BCUT2D eigenvalue weighted by Crippen LogP contribution is -2.63. The van der Waals surface area contributed by atoms with E-state index in [0.29, 0.717) is 24.9 Å². The van der Waals surface area contributed by atoms with E-state index in [1.165, 1.54) is 0 Å². The van der Waals surface area contributed by atoms with Gasteiger partial charge in [0.2, 0.25) is 0 Å². The van der Waals surface area contributed by atoms with E-state index in [0.717, 1.165) is 50.4 Å². The number of rotatable bonds is 9. The van der Waals surface area contributed by atoms with Gasteiger partial charge in [-0.25, -0.2) is 0 Å². The first-order valence-electron chi connectivity index (χ1n) is 11.9. The van der Waals surface area contributed by atoms with Gasteiger partial charge in [-0.15, -0.1) is 0 Å². The lowest BCUT2D eigenvalue weighted by molar-refractivity contribution is -0.173. The molecule has 4 aliphatic rings. The summed E-state index contributed by atoms with van der Waals surface area (Å²) in [6.45, 7) is 9.09. The zero-order valence-electron chi connectivity index (χ0n) is 18.9. The molecule has 3 saturated carbocycles. The topological polar surface area (TPSA) is 76.0 Å². The van der Waals surface area contributed by atoms with Crippen LogP contribution in [-0.2, 0) is 14.4 Å². The molecular weight excluding hydrogens is 378 g/mol. The van der Waals surface area contributed by atoms with Crippen LogP contribution in [0.5, 0.6) is 0 Å². The number of unbranched alkanes of at least 4 members (excludes halogenated alkanes) is 2.